The topological polar surface area (TPSA) is 65.3 Å². The maximum atomic E-state index is 6.02. The van der Waals surface area contributed by atoms with Gasteiger partial charge in [0.25, 0.3) is 0 Å². The molecule has 0 amide bonds. The first-order valence-corrected chi connectivity index (χ1v) is 9.82. The number of ether oxygens (including phenoxy) is 2. The van der Waals surface area contributed by atoms with E-state index >= 15 is 0 Å². The van der Waals surface area contributed by atoms with E-state index in [-0.39, 0.29) is 5.60 Å². The molecule has 2 aromatic carbocycles. The Morgan fingerprint density at radius 3 is 2.36 bits per heavy atom. The number of hydrogen-bond donors (Lipinski definition) is 0. The lowest BCUT2D eigenvalue weighted by Crippen LogP contribution is -2.44. The minimum Gasteiger partial charge on any atom is -0.457 e. The van der Waals surface area contributed by atoms with E-state index in [1.807, 2.05) is 54.6 Å². The highest BCUT2D eigenvalue weighted by atomic mass is 16.5. The van der Waals surface area contributed by atoms with Gasteiger partial charge in [-0.3, -0.25) is 0 Å². The molecule has 5 rings (SSSR count). The monoisotopic (exact) mass is 377 g/mol. The minimum atomic E-state index is 0.0885. The fraction of sp³-hybridized carbons (Fsp3) is 0.381. The molecule has 0 radical (unpaired) electrons. The van der Waals surface area contributed by atoms with Crippen LogP contribution in [-0.4, -0.2) is 45.5 Å². The number of benzene rings is 2. The molecular weight excluding hydrogens is 354 g/mol. The normalized spacial score (nSPS) is 18.5. The zero-order valence-electron chi connectivity index (χ0n) is 15.7. The summed E-state index contributed by atoms with van der Waals surface area (Å²) in [7, 11) is 0. The van der Waals surface area contributed by atoms with Gasteiger partial charge in [0.15, 0.2) is 0 Å². The Morgan fingerprint density at radius 1 is 0.893 bits per heavy atom. The smallest absolute Gasteiger partial charge is 0.250 e. The lowest BCUT2D eigenvalue weighted by atomic mass is 9.89. The quantitative estimate of drug-likeness (QED) is 0.692. The van der Waals surface area contributed by atoms with Crippen molar-refractivity contribution in [2.24, 2.45) is 0 Å². The summed E-state index contributed by atoms with van der Waals surface area (Å²) in [6.45, 7) is 2.72. The SMILES string of the molecule is c1ccc(Oc2ccc(-n3nnnc3N3CCC4(CCCO4)CC3)cc2)cc1. The molecule has 28 heavy (non-hydrogen) atoms. The van der Waals surface area contributed by atoms with Crippen molar-refractivity contribution in [2.45, 2.75) is 31.3 Å². The Balaban J connectivity index is 1.30. The molecule has 0 unspecified atom stereocenters. The van der Waals surface area contributed by atoms with E-state index in [1.165, 1.54) is 12.8 Å². The predicted molar refractivity (Wildman–Crippen MR) is 105 cm³/mol. The second-order valence-electron chi connectivity index (χ2n) is 7.42. The summed E-state index contributed by atoms with van der Waals surface area (Å²) in [6.07, 6.45) is 4.41. The van der Waals surface area contributed by atoms with Gasteiger partial charge in [0.2, 0.25) is 5.95 Å². The number of aromatic nitrogens is 4. The van der Waals surface area contributed by atoms with Crippen molar-refractivity contribution in [3.63, 3.8) is 0 Å². The summed E-state index contributed by atoms with van der Waals surface area (Å²) in [5, 5.41) is 12.4. The number of anilines is 1. The summed E-state index contributed by atoms with van der Waals surface area (Å²) >= 11 is 0. The fourth-order valence-electron chi connectivity index (χ4n) is 4.09. The van der Waals surface area contributed by atoms with Crippen molar-refractivity contribution in [3.8, 4) is 17.2 Å². The van der Waals surface area contributed by atoms with Gasteiger partial charge in [-0.2, -0.15) is 4.68 Å². The van der Waals surface area contributed by atoms with Gasteiger partial charge in [-0.15, -0.1) is 0 Å². The summed E-state index contributed by atoms with van der Waals surface area (Å²) in [5.41, 5.74) is 1.00. The van der Waals surface area contributed by atoms with Gasteiger partial charge in [0.05, 0.1) is 11.3 Å². The van der Waals surface area contributed by atoms with E-state index in [2.05, 4.69) is 20.4 Å². The molecule has 0 saturated carbocycles. The van der Waals surface area contributed by atoms with Crippen LogP contribution in [0.2, 0.25) is 0 Å². The lowest BCUT2D eigenvalue weighted by Gasteiger charge is -2.38. The van der Waals surface area contributed by atoms with Gasteiger partial charge in [-0.25, -0.2) is 0 Å². The molecular formula is C21H23N5O2. The first-order chi connectivity index (χ1) is 13.8. The van der Waals surface area contributed by atoms with Crippen molar-refractivity contribution in [2.75, 3.05) is 24.6 Å². The third-order valence-corrected chi connectivity index (χ3v) is 5.66. The first-order valence-electron chi connectivity index (χ1n) is 9.82. The molecule has 0 bridgehead atoms. The van der Waals surface area contributed by atoms with Crippen molar-refractivity contribution in [3.05, 3.63) is 54.6 Å². The van der Waals surface area contributed by atoms with Crippen LogP contribution in [0.25, 0.3) is 5.69 Å². The van der Waals surface area contributed by atoms with Gasteiger partial charge >= 0.3 is 0 Å². The predicted octanol–water partition coefficient (Wildman–Crippen LogP) is 3.60. The number of piperidine rings is 1. The number of nitrogens with zero attached hydrogens (tertiary/aromatic N) is 5. The van der Waals surface area contributed by atoms with E-state index in [9.17, 15) is 0 Å². The van der Waals surface area contributed by atoms with E-state index in [0.717, 1.165) is 55.7 Å². The van der Waals surface area contributed by atoms with Crippen LogP contribution in [0.1, 0.15) is 25.7 Å². The second-order valence-corrected chi connectivity index (χ2v) is 7.42. The number of rotatable bonds is 4. The highest BCUT2D eigenvalue weighted by Gasteiger charge is 2.39. The van der Waals surface area contributed by atoms with Gasteiger partial charge in [-0.1, -0.05) is 23.3 Å². The standard InChI is InChI=1S/C21H23N5O2/c1-2-5-18(6-3-1)28-19-9-7-17(8-10-19)26-20(22-23-24-26)25-14-12-21(13-15-25)11-4-16-27-21/h1-3,5-10H,4,11-16H2. The molecule has 0 atom stereocenters. The average molecular weight is 377 g/mol. The molecule has 2 fully saturated rings. The maximum Gasteiger partial charge on any atom is 0.250 e. The van der Waals surface area contributed by atoms with Gasteiger partial charge < -0.3 is 14.4 Å². The zero-order valence-corrected chi connectivity index (χ0v) is 15.7. The first kappa shape index (κ1) is 17.2. The molecule has 3 aromatic rings. The van der Waals surface area contributed by atoms with Gasteiger partial charge in [-0.05, 0) is 72.5 Å². The third-order valence-electron chi connectivity index (χ3n) is 5.66. The molecule has 7 heteroatoms. The van der Waals surface area contributed by atoms with E-state index < -0.39 is 0 Å². The van der Waals surface area contributed by atoms with Crippen LogP contribution in [0.15, 0.2) is 54.6 Å². The molecule has 7 nitrogen and oxygen atoms in total. The lowest BCUT2D eigenvalue weighted by molar-refractivity contribution is -0.0148. The zero-order chi connectivity index (χ0) is 18.8. The van der Waals surface area contributed by atoms with E-state index in [4.69, 9.17) is 9.47 Å². The number of hydrogen-bond acceptors (Lipinski definition) is 6. The molecule has 1 aromatic heterocycles. The van der Waals surface area contributed by atoms with Gasteiger partial charge in [0.1, 0.15) is 11.5 Å². The van der Waals surface area contributed by atoms with Crippen LogP contribution in [-0.2, 0) is 4.74 Å². The van der Waals surface area contributed by atoms with Crippen LogP contribution in [0.3, 0.4) is 0 Å². The Morgan fingerprint density at radius 2 is 1.64 bits per heavy atom. The highest BCUT2D eigenvalue weighted by Crippen LogP contribution is 2.36. The van der Waals surface area contributed by atoms with Crippen LogP contribution in [0.5, 0.6) is 11.5 Å². The van der Waals surface area contributed by atoms with Crippen LogP contribution in [0.4, 0.5) is 5.95 Å². The minimum absolute atomic E-state index is 0.0885. The maximum absolute atomic E-state index is 6.02. The fourth-order valence-corrected chi connectivity index (χ4v) is 4.09. The number of para-hydroxylation sites is 1. The molecule has 0 N–H and O–H groups in total. The van der Waals surface area contributed by atoms with Crippen molar-refractivity contribution >= 4 is 5.95 Å². The Hall–Kier alpha value is -2.93. The third kappa shape index (κ3) is 3.33. The summed E-state index contributed by atoms with van der Waals surface area (Å²) in [5.74, 6) is 2.38. The van der Waals surface area contributed by atoms with Crippen LogP contribution in [0, 0.1) is 0 Å². The van der Waals surface area contributed by atoms with E-state index in [1.54, 1.807) is 4.68 Å². The van der Waals surface area contributed by atoms with Gasteiger partial charge in [0, 0.05) is 19.7 Å². The van der Waals surface area contributed by atoms with Crippen molar-refractivity contribution < 1.29 is 9.47 Å². The summed E-state index contributed by atoms with van der Waals surface area (Å²) in [4.78, 5) is 2.25. The molecule has 2 saturated heterocycles. The molecule has 2 aliphatic heterocycles. The Bertz CT molecular complexity index is 909. The highest BCUT2D eigenvalue weighted by molar-refractivity contribution is 5.44. The Kier molecular flexibility index (Phi) is 4.44. The average Bonchev–Trinajstić information content (AvgIpc) is 3.41. The largest absolute Gasteiger partial charge is 0.457 e. The molecule has 2 aliphatic rings. The van der Waals surface area contributed by atoms with Crippen molar-refractivity contribution in [1.29, 1.82) is 0 Å². The van der Waals surface area contributed by atoms with Crippen molar-refractivity contribution in [1.82, 2.24) is 20.2 Å². The Labute approximate surface area is 163 Å². The molecule has 0 aliphatic carbocycles. The van der Waals surface area contributed by atoms with Crippen LogP contribution >= 0.6 is 0 Å². The molecule has 3 heterocycles. The van der Waals surface area contributed by atoms with E-state index in [0.29, 0.717) is 0 Å². The number of tetrazole rings is 1. The summed E-state index contributed by atoms with van der Waals surface area (Å²) in [6, 6.07) is 17.6. The molecule has 144 valence electrons. The second kappa shape index (κ2) is 7.24. The summed E-state index contributed by atoms with van der Waals surface area (Å²) < 4.78 is 13.7. The van der Waals surface area contributed by atoms with Crippen LogP contribution < -0.4 is 9.64 Å². The molecule has 1 spiro atoms.